The van der Waals surface area contributed by atoms with Crippen molar-refractivity contribution in [2.75, 3.05) is 6.61 Å². The maximum atomic E-state index is 13.3. The Labute approximate surface area is 167 Å². The lowest BCUT2D eigenvalue weighted by molar-refractivity contribution is 0.0720. The monoisotopic (exact) mass is 391 g/mol. The molecule has 1 heterocycles. The number of nitrogens with zero attached hydrogens (tertiary/aromatic N) is 3. The predicted octanol–water partition coefficient (Wildman–Crippen LogP) is 3.99. The van der Waals surface area contributed by atoms with Crippen molar-refractivity contribution in [3.63, 3.8) is 0 Å². The Morgan fingerprint density at radius 3 is 2.72 bits per heavy atom. The van der Waals surface area contributed by atoms with Crippen molar-refractivity contribution in [3.05, 3.63) is 70.8 Å². The normalized spacial score (nSPS) is 12.3. The van der Waals surface area contributed by atoms with E-state index in [2.05, 4.69) is 5.10 Å². The number of fused-ring (bicyclic) bond motifs is 1. The lowest BCUT2D eigenvalue weighted by atomic mass is 10.2. The van der Waals surface area contributed by atoms with Crippen molar-refractivity contribution >= 4 is 5.97 Å². The Hall–Kier alpha value is -3.66. The molecule has 0 unspecified atom stereocenters. The van der Waals surface area contributed by atoms with Gasteiger partial charge in [0.2, 0.25) is 0 Å². The number of ether oxygens (including phenoxy) is 2. The van der Waals surface area contributed by atoms with Gasteiger partial charge in [-0.1, -0.05) is 0 Å². The van der Waals surface area contributed by atoms with Crippen LogP contribution in [0.3, 0.4) is 0 Å². The van der Waals surface area contributed by atoms with Crippen molar-refractivity contribution in [1.82, 2.24) is 9.78 Å². The topological polar surface area (TPSA) is 77.1 Å². The highest BCUT2D eigenvalue weighted by Gasteiger charge is 2.28. The first-order chi connectivity index (χ1) is 14.1. The molecular formula is C22H18FN3O3. The molecule has 0 amide bonds. The number of carbonyl (C=O) groups is 1. The number of esters is 1. The fraction of sp³-hybridized carbons (Fsp3) is 0.227. The van der Waals surface area contributed by atoms with E-state index < -0.39 is 5.97 Å². The molecule has 6 nitrogen and oxygen atoms in total. The van der Waals surface area contributed by atoms with Gasteiger partial charge in [-0.05, 0) is 62.6 Å². The Balaban J connectivity index is 1.68. The standard InChI is InChI=1S/C22H18FN3O3/c1-2-28-20-12-14(13-24)6-11-19(20)29-22(27)21-17-4-3-5-18(17)26(25-21)16-9-7-15(23)8-10-16/h6-12H,2-5H2,1H3. The SMILES string of the molecule is CCOc1cc(C#N)ccc1OC(=O)c1nn(-c2ccc(F)cc2)c2c1CCC2. The predicted molar refractivity (Wildman–Crippen MR) is 103 cm³/mol. The average Bonchev–Trinajstić information content (AvgIpc) is 3.33. The molecule has 0 fully saturated rings. The van der Waals surface area contributed by atoms with Gasteiger partial charge < -0.3 is 9.47 Å². The van der Waals surface area contributed by atoms with Crippen molar-refractivity contribution in [2.24, 2.45) is 0 Å². The summed E-state index contributed by atoms with van der Waals surface area (Å²) < 4.78 is 26.0. The van der Waals surface area contributed by atoms with Crippen LogP contribution < -0.4 is 9.47 Å². The minimum Gasteiger partial charge on any atom is -0.490 e. The minimum atomic E-state index is -0.588. The summed E-state index contributed by atoms with van der Waals surface area (Å²) in [6.07, 6.45) is 2.43. The van der Waals surface area contributed by atoms with Crippen LogP contribution in [0.1, 0.15) is 40.7 Å². The van der Waals surface area contributed by atoms with E-state index >= 15 is 0 Å². The third-order valence-corrected chi connectivity index (χ3v) is 4.77. The van der Waals surface area contributed by atoms with Crippen molar-refractivity contribution in [3.8, 4) is 23.3 Å². The number of aromatic nitrogens is 2. The number of halogens is 1. The first kappa shape index (κ1) is 18.7. The third-order valence-electron chi connectivity index (χ3n) is 4.77. The Kier molecular flexibility index (Phi) is 5.00. The van der Waals surface area contributed by atoms with Gasteiger partial charge in [-0.25, -0.2) is 13.9 Å². The summed E-state index contributed by atoms with van der Waals surface area (Å²) in [5.74, 6) is -0.357. The number of hydrogen-bond acceptors (Lipinski definition) is 5. The highest BCUT2D eigenvalue weighted by Crippen LogP contribution is 2.32. The summed E-state index contributed by atoms with van der Waals surface area (Å²) in [5.41, 5.74) is 3.14. The zero-order valence-electron chi connectivity index (χ0n) is 15.8. The second kappa shape index (κ2) is 7.76. The second-order valence-corrected chi connectivity index (χ2v) is 6.61. The summed E-state index contributed by atoms with van der Waals surface area (Å²) in [6, 6.07) is 12.7. The van der Waals surface area contributed by atoms with Gasteiger partial charge in [0.15, 0.2) is 17.2 Å². The van der Waals surface area contributed by atoms with Gasteiger partial charge in [0.05, 0.1) is 23.9 Å². The molecule has 29 heavy (non-hydrogen) atoms. The largest absolute Gasteiger partial charge is 0.490 e. The molecule has 0 aliphatic heterocycles. The van der Waals surface area contributed by atoms with Gasteiger partial charge in [-0.2, -0.15) is 10.4 Å². The van der Waals surface area contributed by atoms with E-state index in [4.69, 9.17) is 14.7 Å². The van der Waals surface area contributed by atoms with Gasteiger partial charge in [-0.15, -0.1) is 0 Å². The first-order valence-electron chi connectivity index (χ1n) is 9.36. The molecule has 2 aromatic carbocycles. The Morgan fingerprint density at radius 2 is 2.00 bits per heavy atom. The summed E-state index contributed by atoms with van der Waals surface area (Å²) in [6.45, 7) is 2.18. The van der Waals surface area contributed by atoms with E-state index in [0.717, 1.165) is 30.5 Å². The van der Waals surface area contributed by atoms with Gasteiger partial charge >= 0.3 is 5.97 Å². The smallest absolute Gasteiger partial charge is 0.364 e. The first-order valence-corrected chi connectivity index (χ1v) is 9.36. The van der Waals surface area contributed by atoms with Crippen LogP contribution in [0.4, 0.5) is 4.39 Å². The van der Waals surface area contributed by atoms with Crippen LogP contribution in [0.15, 0.2) is 42.5 Å². The Morgan fingerprint density at radius 1 is 1.21 bits per heavy atom. The molecule has 0 bridgehead atoms. The number of benzene rings is 2. The molecule has 0 saturated heterocycles. The molecule has 0 atom stereocenters. The summed E-state index contributed by atoms with van der Waals surface area (Å²) in [4.78, 5) is 12.9. The van der Waals surface area contributed by atoms with Crippen LogP contribution in [-0.2, 0) is 12.8 Å². The number of carbonyl (C=O) groups excluding carboxylic acids is 1. The summed E-state index contributed by atoms with van der Waals surface area (Å²) in [7, 11) is 0. The summed E-state index contributed by atoms with van der Waals surface area (Å²) >= 11 is 0. The zero-order valence-corrected chi connectivity index (χ0v) is 15.8. The van der Waals surface area contributed by atoms with Crippen molar-refractivity contribution < 1.29 is 18.7 Å². The average molecular weight is 391 g/mol. The van der Waals surface area contributed by atoms with E-state index in [1.807, 2.05) is 13.0 Å². The quantitative estimate of drug-likeness (QED) is 0.485. The maximum absolute atomic E-state index is 13.3. The van der Waals surface area contributed by atoms with E-state index in [1.165, 1.54) is 18.2 Å². The van der Waals surface area contributed by atoms with Crippen LogP contribution in [-0.4, -0.2) is 22.4 Å². The maximum Gasteiger partial charge on any atom is 0.364 e. The van der Waals surface area contributed by atoms with Gasteiger partial charge in [-0.3, -0.25) is 0 Å². The highest BCUT2D eigenvalue weighted by atomic mass is 19.1. The van der Waals surface area contributed by atoms with Crippen molar-refractivity contribution in [2.45, 2.75) is 26.2 Å². The molecule has 1 aliphatic rings. The van der Waals surface area contributed by atoms with E-state index in [1.54, 1.807) is 28.9 Å². The van der Waals surface area contributed by atoms with Gasteiger partial charge in [0, 0.05) is 17.3 Å². The molecule has 1 aromatic heterocycles. The van der Waals surface area contributed by atoms with Gasteiger partial charge in [0.1, 0.15) is 5.82 Å². The molecule has 1 aliphatic carbocycles. The van der Waals surface area contributed by atoms with Crippen LogP contribution in [0.25, 0.3) is 5.69 Å². The van der Waals surface area contributed by atoms with Crippen LogP contribution in [0.5, 0.6) is 11.5 Å². The van der Waals surface area contributed by atoms with E-state index in [0.29, 0.717) is 23.6 Å². The fourth-order valence-corrected chi connectivity index (χ4v) is 3.48. The van der Waals surface area contributed by atoms with Crippen molar-refractivity contribution in [1.29, 1.82) is 5.26 Å². The zero-order chi connectivity index (χ0) is 20.4. The minimum absolute atomic E-state index is 0.235. The Bertz CT molecular complexity index is 1110. The third kappa shape index (κ3) is 3.57. The number of rotatable bonds is 5. The number of hydrogen-bond donors (Lipinski definition) is 0. The van der Waals surface area contributed by atoms with Crippen LogP contribution in [0.2, 0.25) is 0 Å². The molecule has 146 valence electrons. The van der Waals surface area contributed by atoms with E-state index in [9.17, 15) is 9.18 Å². The number of nitriles is 1. The molecule has 4 rings (SSSR count). The highest BCUT2D eigenvalue weighted by molar-refractivity contribution is 5.91. The molecule has 0 radical (unpaired) electrons. The lowest BCUT2D eigenvalue weighted by Gasteiger charge is -2.10. The lowest BCUT2D eigenvalue weighted by Crippen LogP contribution is -2.13. The molecule has 0 saturated carbocycles. The molecule has 7 heteroatoms. The van der Waals surface area contributed by atoms with E-state index in [-0.39, 0.29) is 17.3 Å². The molecular weight excluding hydrogens is 373 g/mol. The van der Waals surface area contributed by atoms with Crippen LogP contribution >= 0.6 is 0 Å². The second-order valence-electron chi connectivity index (χ2n) is 6.61. The van der Waals surface area contributed by atoms with Gasteiger partial charge in [0.25, 0.3) is 0 Å². The summed E-state index contributed by atoms with van der Waals surface area (Å²) in [5, 5.41) is 13.5. The molecule has 0 N–H and O–H groups in total. The molecule has 0 spiro atoms. The fourth-order valence-electron chi connectivity index (χ4n) is 3.48. The molecule has 3 aromatic rings. The van der Waals surface area contributed by atoms with Crippen LogP contribution in [0, 0.1) is 17.1 Å².